The summed E-state index contributed by atoms with van der Waals surface area (Å²) in [4.78, 5) is 0. The van der Waals surface area contributed by atoms with Gasteiger partial charge >= 0.3 is 0 Å². The Kier molecular flexibility index (Phi) is 1.74. The molecular formula is C13H14O3. The SMILES string of the molecule is c1cc2c(cc1C[C@@H]1CO[C@H]3C[C@@H]13)OCO2. The van der Waals surface area contributed by atoms with Gasteiger partial charge in [-0.3, -0.25) is 0 Å². The van der Waals surface area contributed by atoms with Crippen molar-refractivity contribution in [2.24, 2.45) is 11.8 Å². The van der Waals surface area contributed by atoms with E-state index in [1.165, 1.54) is 12.0 Å². The van der Waals surface area contributed by atoms with Crippen molar-refractivity contribution in [3.05, 3.63) is 23.8 Å². The van der Waals surface area contributed by atoms with Gasteiger partial charge in [-0.2, -0.15) is 0 Å². The maximum atomic E-state index is 5.65. The molecule has 2 aliphatic heterocycles. The molecule has 0 N–H and O–H groups in total. The third-order valence-corrected chi connectivity index (χ3v) is 3.84. The Bertz CT molecular complexity index is 429. The maximum Gasteiger partial charge on any atom is 0.231 e. The maximum absolute atomic E-state index is 5.65. The lowest BCUT2D eigenvalue weighted by Gasteiger charge is -2.10. The second kappa shape index (κ2) is 3.14. The zero-order chi connectivity index (χ0) is 10.5. The molecule has 3 nitrogen and oxygen atoms in total. The Labute approximate surface area is 94.3 Å². The van der Waals surface area contributed by atoms with E-state index in [-0.39, 0.29) is 0 Å². The van der Waals surface area contributed by atoms with E-state index >= 15 is 0 Å². The van der Waals surface area contributed by atoms with E-state index in [0.717, 1.165) is 30.4 Å². The molecule has 1 saturated carbocycles. The second-order valence-electron chi connectivity index (χ2n) is 4.92. The van der Waals surface area contributed by atoms with Crippen molar-refractivity contribution in [2.75, 3.05) is 13.4 Å². The van der Waals surface area contributed by atoms with Crippen LogP contribution in [0.15, 0.2) is 18.2 Å². The topological polar surface area (TPSA) is 27.7 Å². The Morgan fingerprint density at radius 2 is 2.12 bits per heavy atom. The van der Waals surface area contributed by atoms with Crippen LogP contribution in [0, 0.1) is 11.8 Å². The fraction of sp³-hybridized carbons (Fsp3) is 0.538. The van der Waals surface area contributed by atoms with Gasteiger partial charge < -0.3 is 14.2 Å². The van der Waals surface area contributed by atoms with Crippen molar-refractivity contribution in [1.29, 1.82) is 0 Å². The number of hydrogen-bond acceptors (Lipinski definition) is 3. The summed E-state index contributed by atoms with van der Waals surface area (Å²) < 4.78 is 16.3. The van der Waals surface area contributed by atoms with Crippen LogP contribution >= 0.6 is 0 Å². The molecule has 84 valence electrons. The van der Waals surface area contributed by atoms with Crippen LogP contribution in [0.25, 0.3) is 0 Å². The number of hydrogen-bond donors (Lipinski definition) is 0. The van der Waals surface area contributed by atoms with Gasteiger partial charge in [-0.05, 0) is 42.4 Å². The van der Waals surface area contributed by atoms with Crippen molar-refractivity contribution in [2.45, 2.75) is 18.9 Å². The van der Waals surface area contributed by atoms with Crippen LogP contribution in [0.4, 0.5) is 0 Å². The Morgan fingerprint density at radius 3 is 2.94 bits per heavy atom. The van der Waals surface area contributed by atoms with Gasteiger partial charge in [-0.15, -0.1) is 0 Å². The average molecular weight is 218 g/mol. The van der Waals surface area contributed by atoms with Gasteiger partial charge in [-0.25, -0.2) is 0 Å². The third-order valence-electron chi connectivity index (χ3n) is 3.84. The van der Waals surface area contributed by atoms with Gasteiger partial charge in [0.15, 0.2) is 11.5 Å². The van der Waals surface area contributed by atoms with E-state index in [4.69, 9.17) is 14.2 Å². The van der Waals surface area contributed by atoms with Crippen LogP contribution in [0.1, 0.15) is 12.0 Å². The minimum Gasteiger partial charge on any atom is -0.454 e. The highest BCUT2D eigenvalue weighted by molar-refractivity contribution is 5.44. The van der Waals surface area contributed by atoms with Crippen LogP contribution in [0.2, 0.25) is 0 Å². The number of benzene rings is 1. The molecule has 1 aliphatic carbocycles. The predicted molar refractivity (Wildman–Crippen MR) is 57.6 cm³/mol. The van der Waals surface area contributed by atoms with Crippen molar-refractivity contribution < 1.29 is 14.2 Å². The van der Waals surface area contributed by atoms with Crippen molar-refractivity contribution in [1.82, 2.24) is 0 Å². The molecule has 1 saturated heterocycles. The van der Waals surface area contributed by atoms with Crippen molar-refractivity contribution in [3.63, 3.8) is 0 Å². The number of rotatable bonds is 2. The summed E-state index contributed by atoms with van der Waals surface area (Å²) in [6, 6.07) is 6.26. The first-order chi connectivity index (χ1) is 7.90. The van der Waals surface area contributed by atoms with E-state index in [9.17, 15) is 0 Å². The minimum atomic E-state index is 0.357. The lowest BCUT2D eigenvalue weighted by molar-refractivity contribution is 0.139. The van der Waals surface area contributed by atoms with Crippen LogP contribution in [-0.2, 0) is 11.2 Å². The highest BCUT2D eigenvalue weighted by atomic mass is 16.7. The zero-order valence-electron chi connectivity index (χ0n) is 9.02. The molecule has 0 bridgehead atoms. The number of fused-ring (bicyclic) bond motifs is 2. The van der Waals surface area contributed by atoms with Crippen molar-refractivity contribution in [3.8, 4) is 11.5 Å². The first-order valence-corrected chi connectivity index (χ1v) is 5.90. The Morgan fingerprint density at radius 1 is 1.19 bits per heavy atom. The number of ether oxygens (including phenoxy) is 3. The quantitative estimate of drug-likeness (QED) is 0.759. The van der Waals surface area contributed by atoms with Gasteiger partial charge in [0.25, 0.3) is 0 Å². The summed E-state index contributed by atoms with van der Waals surface area (Å²) in [6.07, 6.45) is 2.96. The largest absolute Gasteiger partial charge is 0.454 e. The first kappa shape index (κ1) is 8.88. The van der Waals surface area contributed by atoms with E-state index in [1.54, 1.807) is 0 Å². The molecule has 3 atom stereocenters. The van der Waals surface area contributed by atoms with E-state index in [1.807, 2.05) is 6.07 Å². The summed E-state index contributed by atoms with van der Waals surface area (Å²) in [5.74, 6) is 3.30. The van der Waals surface area contributed by atoms with E-state index in [2.05, 4.69) is 12.1 Å². The lowest BCUT2D eigenvalue weighted by Crippen LogP contribution is -2.08. The van der Waals surface area contributed by atoms with Crippen LogP contribution < -0.4 is 9.47 Å². The average Bonchev–Trinajstić information content (AvgIpc) is 2.76. The molecule has 0 unspecified atom stereocenters. The van der Waals surface area contributed by atoms with E-state index < -0.39 is 0 Å². The van der Waals surface area contributed by atoms with Crippen LogP contribution in [0.5, 0.6) is 11.5 Å². The van der Waals surface area contributed by atoms with Crippen LogP contribution in [0.3, 0.4) is 0 Å². The smallest absolute Gasteiger partial charge is 0.231 e. The zero-order valence-corrected chi connectivity index (χ0v) is 9.02. The monoisotopic (exact) mass is 218 g/mol. The van der Waals surface area contributed by atoms with Gasteiger partial charge in [0.2, 0.25) is 6.79 Å². The molecule has 3 heteroatoms. The molecule has 4 rings (SSSR count). The van der Waals surface area contributed by atoms with Gasteiger partial charge in [0.1, 0.15) is 0 Å². The second-order valence-corrected chi connectivity index (χ2v) is 4.92. The molecule has 0 spiro atoms. The van der Waals surface area contributed by atoms with Crippen molar-refractivity contribution >= 4 is 0 Å². The molecule has 1 aromatic carbocycles. The molecule has 2 heterocycles. The predicted octanol–water partition coefficient (Wildman–Crippen LogP) is 1.99. The van der Waals surface area contributed by atoms with Crippen LogP contribution in [-0.4, -0.2) is 19.5 Å². The molecule has 0 aromatic heterocycles. The lowest BCUT2D eigenvalue weighted by atomic mass is 9.96. The summed E-state index contributed by atoms with van der Waals surface area (Å²) in [6.45, 7) is 1.29. The molecule has 3 aliphatic rings. The fourth-order valence-corrected chi connectivity index (χ4v) is 2.83. The normalized spacial score (nSPS) is 33.9. The molecular weight excluding hydrogens is 204 g/mol. The van der Waals surface area contributed by atoms with Gasteiger partial charge in [0, 0.05) is 0 Å². The van der Waals surface area contributed by atoms with Gasteiger partial charge in [0.05, 0.1) is 12.7 Å². The molecule has 0 radical (unpaired) electrons. The standard InChI is InChI=1S/C13H14O3/c1-2-11-13(16-7-15-11)4-8(1)3-9-6-14-12-5-10(9)12/h1-2,4,9-10,12H,3,5-7H2/t9-,10+,12+/m1/s1. The Balaban J connectivity index is 1.54. The third kappa shape index (κ3) is 1.31. The summed E-state index contributed by atoms with van der Waals surface area (Å²) in [7, 11) is 0. The summed E-state index contributed by atoms with van der Waals surface area (Å²) in [5, 5.41) is 0. The first-order valence-electron chi connectivity index (χ1n) is 5.90. The van der Waals surface area contributed by atoms with Gasteiger partial charge in [-0.1, -0.05) is 6.07 Å². The highest BCUT2D eigenvalue weighted by Gasteiger charge is 2.49. The molecule has 16 heavy (non-hydrogen) atoms. The molecule has 1 aromatic rings. The van der Waals surface area contributed by atoms with E-state index in [0.29, 0.717) is 18.8 Å². The molecule has 2 fully saturated rings. The molecule has 0 amide bonds. The summed E-state index contributed by atoms with van der Waals surface area (Å²) >= 11 is 0. The fourth-order valence-electron chi connectivity index (χ4n) is 2.83. The minimum absolute atomic E-state index is 0.357. The highest BCUT2D eigenvalue weighted by Crippen LogP contribution is 2.47. The summed E-state index contributed by atoms with van der Waals surface area (Å²) in [5.41, 5.74) is 1.34. The Hall–Kier alpha value is -1.22.